The first-order valence-electron chi connectivity index (χ1n) is 8.56. The molecule has 4 rings (SSSR count). The van der Waals surface area contributed by atoms with Gasteiger partial charge in [-0.2, -0.15) is 0 Å². The zero-order chi connectivity index (χ0) is 15.9. The molecule has 0 N–H and O–H groups in total. The Labute approximate surface area is 136 Å². The molecular formula is C18H24N4O. The van der Waals surface area contributed by atoms with Crippen molar-refractivity contribution in [2.75, 3.05) is 33.2 Å². The zero-order valence-corrected chi connectivity index (χ0v) is 13.7. The van der Waals surface area contributed by atoms with Crippen molar-refractivity contribution in [2.45, 2.75) is 25.8 Å². The van der Waals surface area contributed by atoms with Crippen molar-refractivity contribution in [1.29, 1.82) is 0 Å². The Balaban J connectivity index is 1.42. The number of carbonyl (C=O) groups excluding carboxylic acids is 1. The van der Waals surface area contributed by atoms with Gasteiger partial charge in [0.05, 0.1) is 22.8 Å². The van der Waals surface area contributed by atoms with Crippen LogP contribution in [0.25, 0.3) is 11.0 Å². The van der Waals surface area contributed by atoms with Crippen LogP contribution in [0.15, 0.2) is 30.6 Å². The number of carbonyl (C=O) groups is 1. The molecule has 2 aromatic rings. The number of amides is 1. The van der Waals surface area contributed by atoms with Gasteiger partial charge >= 0.3 is 0 Å². The van der Waals surface area contributed by atoms with Crippen molar-refractivity contribution in [2.24, 2.45) is 5.41 Å². The lowest BCUT2D eigenvalue weighted by atomic mass is 9.78. The molecule has 1 spiro atoms. The molecule has 0 saturated carbocycles. The summed E-state index contributed by atoms with van der Waals surface area (Å²) in [5.41, 5.74) is 2.13. The van der Waals surface area contributed by atoms with Crippen LogP contribution in [0.1, 0.15) is 19.3 Å². The number of hydrogen-bond acceptors (Lipinski definition) is 3. The molecule has 2 aliphatic heterocycles. The number of likely N-dealkylation sites (tertiary alicyclic amines) is 2. The minimum atomic E-state index is -0.107. The number of para-hydroxylation sites is 2. The number of nitrogens with zero attached hydrogens (tertiary/aromatic N) is 4. The Morgan fingerprint density at radius 2 is 2.04 bits per heavy atom. The molecular weight excluding hydrogens is 288 g/mol. The molecule has 2 aliphatic rings. The van der Waals surface area contributed by atoms with Crippen LogP contribution in [-0.2, 0) is 11.3 Å². The minimum Gasteiger partial charge on any atom is -0.345 e. The fourth-order valence-corrected chi connectivity index (χ4v) is 4.23. The molecule has 5 nitrogen and oxygen atoms in total. The van der Waals surface area contributed by atoms with Crippen molar-refractivity contribution in [3.8, 4) is 0 Å². The maximum absolute atomic E-state index is 12.6. The topological polar surface area (TPSA) is 41.4 Å². The third-order valence-electron chi connectivity index (χ3n) is 5.57. The van der Waals surface area contributed by atoms with Crippen LogP contribution >= 0.6 is 0 Å². The summed E-state index contributed by atoms with van der Waals surface area (Å²) in [7, 11) is 1.95. The number of rotatable bonds is 3. The maximum Gasteiger partial charge on any atom is 0.229 e. The molecule has 1 aromatic carbocycles. The SMILES string of the molecule is CN1CCC[C@]2(CCN(CCn3cnc4ccccc43)C2)C1=O. The lowest BCUT2D eigenvalue weighted by molar-refractivity contribution is -0.143. The van der Waals surface area contributed by atoms with E-state index >= 15 is 0 Å². The van der Waals surface area contributed by atoms with Gasteiger partial charge in [0, 0.05) is 33.2 Å². The minimum absolute atomic E-state index is 0.107. The molecule has 2 saturated heterocycles. The lowest BCUT2D eigenvalue weighted by Gasteiger charge is -2.37. The summed E-state index contributed by atoms with van der Waals surface area (Å²) in [4.78, 5) is 21.4. The summed E-state index contributed by atoms with van der Waals surface area (Å²) in [6.07, 6.45) is 5.14. The standard InChI is InChI=1S/C18H24N4O/c1-20-9-4-7-18(17(20)23)8-10-21(13-18)11-12-22-14-19-15-5-2-3-6-16(15)22/h2-3,5-6,14H,4,7-13H2,1H3/t18-/m1/s1. The van der Waals surface area contributed by atoms with E-state index in [1.54, 1.807) is 0 Å². The third-order valence-corrected chi connectivity index (χ3v) is 5.57. The van der Waals surface area contributed by atoms with Crippen LogP contribution in [0, 0.1) is 5.41 Å². The third kappa shape index (κ3) is 2.53. The van der Waals surface area contributed by atoms with E-state index in [4.69, 9.17) is 0 Å². The van der Waals surface area contributed by atoms with E-state index in [1.807, 2.05) is 30.4 Å². The average molecular weight is 312 g/mol. The number of hydrogen-bond donors (Lipinski definition) is 0. The highest BCUT2D eigenvalue weighted by atomic mass is 16.2. The number of fused-ring (bicyclic) bond motifs is 1. The predicted octanol–water partition coefficient (Wildman–Crippen LogP) is 1.98. The van der Waals surface area contributed by atoms with Gasteiger partial charge in [0.15, 0.2) is 0 Å². The summed E-state index contributed by atoms with van der Waals surface area (Å²) in [5, 5.41) is 0. The Kier molecular flexibility index (Phi) is 3.60. The zero-order valence-electron chi connectivity index (χ0n) is 13.7. The molecule has 122 valence electrons. The number of benzene rings is 1. The molecule has 5 heteroatoms. The van der Waals surface area contributed by atoms with Gasteiger partial charge in [-0.25, -0.2) is 4.98 Å². The second kappa shape index (κ2) is 5.64. The van der Waals surface area contributed by atoms with Crippen molar-refractivity contribution >= 4 is 16.9 Å². The molecule has 3 heterocycles. The maximum atomic E-state index is 12.6. The normalized spacial score (nSPS) is 25.8. The molecule has 23 heavy (non-hydrogen) atoms. The predicted molar refractivity (Wildman–Crippen MR) is 90.1 cm³/mol. The smallest absolute Gasteiger partial charge is 0.229 e. The van der Waals surface area contributed by atoms with Crippen LogP contribution in [0.3, 0.4) is 0 Å². The second-order valence-corrected chi connectivity index (χ2v) is 7.06. The van der Waals surface area contributed by atoms with Crippen LogP contribution < -0.4 is 0 Å². The van der Waals surface area contributed by atoms with E-state index in [9.17, 15) is 4.79 Å². The van der Waals surface area contributed by atoms with Gasteiger partial charge < -0.3 is 14.4 Å². The first-order valence-corrected chi connectivity index (χ1v) is 8.56. The van der Waals surface area contributed by atoms with Crippen LogP contribution in [0.2, 0.25) is 0 Å². The van der Waals surface area contributed by atoms with E-state index in [0.29, 0.717) is 5.91 Å². The van der Waals surface area contributed by atoms with Gasteiger partial charge in [0.25, 0.3) is 0 Å². The van der Waals surface area contributed by atoms with Gasteiger partial charge in [-0.3, -0.25) is 4.79 Å². The first-order chi connectivity index (χ1) is 11.2. The average Bonchev–Trinajstić information content (AvgIpc) is 3.16. The van der Waals surface area contributed by atoms with Crippen molar-refractivity contribution < 1.29 is 4.79 Å². The van der Waals surface area contributed by atoms with E-state index in [1.165, 1.54) is 5.52 Å². The number of aromatic nitrogens is 2. The first kappa shape index (κ1) is 14.7. The summed E-state index contributed by atoms with van der Waals surface area (Å²) in [6, 6.07) is 8.25. The molecule has 0 bridgehead atoms. The highest BCUT2D eigenvalue weighted by Crippen LogP contribution is 2.39. The molecule has 2 fully saturated rings. The summed E-state index contributed by atoms with van der Waals surface area (Å²) >= 11 is 0. The quantitative estimate of drug-likeness (QED) is 0.870. The highest BCUT2D eigenvalue weighted by molar-refractivity contribution is 5.84. The molecule has 0 aliphatic carbocycles. The highest BCUT2D eigenvalue weighted by Gasteiger charge is 2.47. The van der Waals surface area contributed by atoms with Gasteiger partial charge in [-0.05, 0) is 37.9 Å². The van der Waals surface area contributed by atoms with E-state index in [0.717, 1.165) is 57.5 Å². The van der Waals surface area contributed by atoms with Crippen molar-refractivity contribution in [1.82, 2.24) is 19.4 Å². The van der Waals surface area contributed by atoms with E-state index < -0.39 is 0 Å². The molecule has 1 amide bonds. The van der Waals surface area contributed by atoms with Gasteiger partial charge in [0.2, 0.25) is 5.91 Å². The van der Waals surface area contributed by atoms with Crippen LogP contribution in [0.5, 0.6) is 0 Å². The number of imidazole rings is 1. The lowest BCUT2D eigenvalue weighted by Crippen LogP contribution is -2.48. The molecule has 0 unspecified atom stereocenters. The van der Waals surface area contributed by atoms with E-state index in [-0.39, 0.29) is 5.41 Å². The second-order valence-electron chi connectivity index (χ2n) is 7.06. The Morgan fingerprint density at radius 1 is 1.17 bits per heavy atom. The van der Waals surface area contributed by atoms with E-state index in [2.05, 4.69) is 26.6 Å². The molecule has 1 aromatic heterocycles. The summed E-state index contributed by atoms with van der Waals surface area (Å²) in [5.74, 6) is 0.360. The fraction of sp³-hybridized carbons (Fsp3) is 0.556. The number of piperidine rings is 1. The Hall–Kier alpha value is -1.88. The Bertz CT molecular complexity index is 725. The molecule has 0 radical (unpaired) electrons. The Morgan fingerprint density at radius 3 is 2.96 bits per heavy atom. The summed E-state index contributed by atoms with van der Waals surface area (Å²) in [6.45, 7) is 4.79. The fourth-order valence-electron chi connectivity index (χ4n) is 4.23. The van der Waals surface area contributed by atoms with Crippen molar-refractivity contribution in [3.05, 3.63) is 30.6 Å². The monoisotopic (exact) mass is 312 g/mol. The van der Waals surface area contributed by atoms with Gasteiger partial charge in [0.1, 0.15) is 0 Å². The van der Waals surface area contributed by atoms with Gasteiger partial charge in [-0.1, -0.05) is 12.1 Å². The van der Waals surface area contributed by atoms with Crippen LogP contribution in [0.4, 0.5) is 0 Å². The van der Waals surface area contributed by atoms with Crippen LogP contribution in [-0.4, -0.2) is 58.5 Å². The summed E-state index contributed by atoms with van der Waals surface area (Å²) < 4.78 is 2.22. The molecule has 1 atom stereocenters. The van der Waals surface area contributed by atoms with Gasteiger partial charge in [-0.15, -0.1) is 0 Å². The van der Waals surface area contributed by atoms with Crippen molar-refractivity contribution in [3.63, 3.8) is 0 Å². The largest absolute Gasteiger partial charge is 0.345 e.